The largest absolute Gasteiger partial charge is 0.441 e. The number of amides is 1. The summed E-state index contributed by atoms with van der Waals surface area (Å²) < 4.78 is 7.60. The highest BCUT2D eigenvalue weighted by molar-refractivity contribution is 5.76. The van der Waals surface area contributed by atoms with Crippen LogP contribution in [0, 0.1) is 0 Å². The first-order valence-electron chi connectivity index (χ1n) is 8.80. The molecule has 1 unspecified atom stereocenters. The van der Waals surface area contributed by atoms with Gasteiger partial charge in [-0.3, -0.25) is 9.20 Å². The Bertz CT molecular complexity index is 1050. The molecule has 0 aliphatic carbocycles. The first-order valence-corrected chi connectivity index (χ1v) is 8.80. The second kappa shape index (κ2) is 7.41. The molecule has 0 radical (unpaired) electrons. The number of fused-ring (bicyclic) bond motifs is 1. The Morgan fingerprint density at radius 1 is 1.15 bits per heavy atom. The van der Waals surface area contributed by atoms with Gasteiger partial charge in [0.1, 0.15) is 0 Å². The summed E-state index contributed by atoms with van der Waals surface area (Å²) in [6.07, 6.45) is 4.29. The Kier molecular flexibility index (Phi) is 4.65. The molecule has 1 amide bonds. The van der Waals surface area contributed by atoms with E-state index in [1.165, 1.54) is 0 Å². The number of oxazole rings is 1. The predicted octanol–water partition coefficient (Wildman–Crippen LogP) is 3.19. The van der Waals surface area contributed by atoms with Gasteiger partial charge in [-0.25, -0.2) is 4.98 Å². The zero-order valence-electron chi connectivity index (χ0n) is 14.9. The average Bonchev–Trinajstić information content (AvgIpc) is 3.34. The SMILES string of the molecule is CC(NC(=O)CCc1ncc(-c2ccccc2)o1)c1nnc2ccccn12. The molecule has 0 spiro atoms. The van der Waals surface area contributed by atoms with Crippen LogP contribution in [0.5, 0.6) is 0 Å². The van der Waals surface area contributed by atoms with Gasteiger partial charge in [0.05, 0.1) is 12.2 Å². The molecule has 0 saturated carbocycles. The van der Waals surface area contributed by atoms with Crippen LogP contribution in [0.4, 0.5) is 0 Å². The fraction of sp³-hybridized carbons (Fsp3) is 0.200. The molecule has 1 aromatic carbocycles. The second-order valence-electron chi connectivity index (χ2n) is 6.26. The van der Waals surface area contributed by atoms with Crippen molar-refractivity contribution in [3.8, 4) is 11.3 Å². The maximum atomic E-state index is 12.3. The summed E-state index contributed by atoms with van der Waals surface area (Å²) in [5, 5.41) is 11.2. The van der Waals surface area contributed by atoms with Crippen molar-refractivity contribution < 1.29 is 9.21 Å². The maximum Gasteiger partial charge on any atom is 0.221 e. The van der Waals surface area contributed by atoms with Crippen LogP contribution in [-0.4, -0.2) is 25.5 Å². The highest BCUT2D eigenvalue weighted by Gasteiger charge is 2.16. The van der Waals surface area contributed by atoms with E-state index < -0.39 is 0 Å². The number of benzene rings is 1. The van der Waals surface area contributed by atoms with Crippen molar-refractivity contribution in [2.45, 2.75) is 25.8 Å². The fourth-order valence-corrected chi connectivity index (χ4v) is 2.92. The zero-order chi connectivity index (χ0) is 18.6. The van der Waals surface area contributed by atoms with Gasteiger partial charge < -0.3 is 9.73 Å². The summed E-state index contributed by atoms with van der Waals surface area (Å²) in [6.45, 7) is 1.89. The van der Waals surface area contributed by atoms with Crippen LogP contribution in [-0.2, 0) is 11.2 Å². The van der Waals surface area contributed by atoms with Crippen molar-refractivity contribution in [2.75, 3.05) is 0 Å². The van der Waals surface area contributed by atoms with E-state index in [1.807, 2.05) is 66.1 Å². The number of nitrogens with one attached hydrogen (secondary N) is 1. The minimum absolute atomic E-state index is 0.0883. The molecule has 136 valence electrons. The molecule has 7 heteroatoms. The van der Waals surface area contributed by atoms with E-state index in [0.29, 0.717) is 23.9 Å². The topological polar surface area (TPSA) is 85.3 Å². The van der Waals surface area contributed by atoms with E-state index >= 15 is 0 Å². The summed E-state index contributed by atoms with van der Waals surface area (Å²) in [6, 6.07) is 15.2. The number of aryl methyl sites for hydroxylation is 1. The molecule has 0 aliphatic heterocycles. The molecule has 0 bridgehead atoms. The van der Waals surface area contributed by atoms with Crippen molar-refractivity contribution in [3.63, 3.8) is 0 Å². The Labute approximate surface area is 156 Å². The molecule has 4 aromatic rings. The molecule has 0 saturated heterocycles. The molecular weight excluding hydrogens is 342 g/mol. The standard InChI is InChI=1S/C20H19N5O2/c1-14(20-24-23-17-9-5-6-12-25(17)20)22-18(26)10-11-19-21-13-16(27-19)15-7-3-2-4-8-15/h2-9,12-14H,10-11H2,1H3,(H,22,26). The van der Waals surface area contributed by atoms with Crippen LogP contribution in [0.3, 0.4) is 0 Å². The van der Waals surface area contributed by atoms with Crippen molar-refractivity contribution in [3.05, 3.63) is 72.6 Å². The van der Waals surface area contributed by atoms with Crippen molar-refractivity contribution in [2.24, 2.45) is 0 Å². The summed E-state index contributed by atoms with van der Waals surface area (Å²) in [4.78, 5) is 16.6. The monoisotopic (exact) mass is 361 g/mol. The molecule has 3 heterocycles. The normalized spacial score (nSPS) is 12.2. The summed E-state index contributed by atoms with van der Waals surface area (Å²) in [5.41, 5.74) is 1.72. The molecule has 0 fully saturated rings. The summed E-state index contributed by atoms with van der Waals surface area (Å²) >= 11 is 0. The molecule has 7 nitrogen and oxygen atoms in total. The average molecular weight is 361 g/mol. The van der Waals surface area contributed by atoms with Gasteiger partial charge in [0.2, 0.25) is 5.91 Å². The van der Waals surface area contributed by atoms with E-state index in [-0.39, 0.29) is 18.4 Å². The molecule has 27 heavy (non-hydrogen) atoms. The lowest BCUT2D eigenvalue weighted by atomic mass is 10.2. The molecular formula is C20H19N5O2. The summed E-state index contributed by atoms with van der Waals surface area (Å²) in [5.74, 6) is 1.86. The van der Waals surface area contributed by atoms with Crippen LogP contribution in [0.1, 0.15) is 31.1 Å². The lowest BCUT2D eigenvalue weighted by Gasteiger charge is -2.11. The third kappa shape index (κ3) is 3.72. The summed E-state index contributed by atoms with van der Waals surface area (Å²) in [7, 11) is 0. The van der Waals surface area contributed by atoms with E-state index in [9.17, 15) is 4.79 Å². The van der Waals surface area contributed by atoms with Crippen molar-refractivity contribution in [1.82, 2.24) is 24.9 Å². The van der Waals surface area contributed by atoms with E-state index in [4.69, 9.17) is 4.42 Å². The predicted molar refractivity (Wildman–Crippen MR) is 99.8 cm³/mol. The first kappa shape index (κ1) is 17.0. The van der Waals surface area contributed by atoms with Crippen LogP contribution in [0.2, 0.25) is 0 Å². The molecule has 3 aromatic heterocycles. The Morgan fingerprint density at radius 3 is 2.81 bits per heavy atom. The van der Waals surface area contributed by atoms with Gasteiger partial charge >= 0.3 is 0 Å². The highest BCUT2D eigenvalue weighted by atomic mass is 16.4. The maximum absolute atomic E-state index is 12.3. The number of nitrogens with zero attached hydrogens (tertiary/aromatic N) is 4. The molecule has 1 atom stereocenters. The number of hydrogen-bond donors (Lipinski definition) is 1. The van der Waals surface area contributed by atoms with E-state index in [1.54, 1.807) is 6.20 Å². The lowest BCUT2D eigenvalue weighted by molar-refractivity contribution is -0.121. The Hall–Kier alpha value is -3.48. The lowest BCUT2D eigenvalue weighted by Crippen LogP contribution is -2.28. The number of carbonyl (C=O) groups is 1. The zero-order valence-corrected chi connectivity index (χ0v) is 14.9. The third-order valence-electron chi connectivity index (χ3n) is 4.28. The van der Waals surface area contributed by atoms with Crippen LogP contribution in [0.15, 0.2) is 65.3 Å². The number of carbonyl (C=O) groups excluding carboxylic acids is 1. The van der Waals surface area contributed by atoms with Gasteiger partial charge in [-0.05, 0) is 19.1 Å². The van der Waals surface area contributed by atoms with Gasteiger partial charge in [0, 0.05) is 24.6 Å². The van der Waals surface area contributed by atoms with Crippen molar-refractivity contribution in [1.29, 1.82) is 0 Å². The number of pyridine rings is 1. The number of aromatic nitrogens is 4. The third-order valence-corrected chi connectivity index (χ3v) is 4.28. The van der Waals surface area contributed by atoms with E-state index in [2.05, 4.69) is 20.5 Å². The minimum atomic E-state index is -0.251. The van der Waals surface area contributed by atoms with E-state index in [0.717, 1.165) is 11.2 Å². The molecule has 1 N–H and O–H groups in total. The second-order valence-corrected chi connectivity index (χ2v) is 6.26. The van der Waals surface area contributed by atoms with Gasteiger partial charge in [-0.2, -0.15) is 0 Å². The van der Waals surface area contributed by atoms with Crippen molar-refractivity contribution >= 4 is 11.6 Å². The molecule has 0 aliphatic rings. The number of hydrogen-bond acceptors (Lipinski definition) is 5. The van der Waals surface area contributed by atoms with Gasteiger partial charge in [0.25, 0.3) is 0 Å². The first-order chi connectivity index (χ1) is 13.2. The Balaban J connectivity index is 1.35. The van der Waals surface area contributed by atoms with Gasteiger partial charge in [-0.1, -0.05) is 36.4 Å². The smallest absolute Gasteiger partial charge is 0.221 e. The number of rotatable bonds is 6. The van der Waals surface area contributed by atoms with Gasteiger partial charge in [0.15, 0.2) is 23.1 Å². The van der Waals surface area contributed by atoms with Crippen LogP contribution < -0.4 is 5.32 Å². The Morgan fingerprint density at radius 2 is 1.96 bits per heavy atom. The minimum Gasteiger partial charge on any atom is -0.441 e. The van der Waals surface area contributed by atoms with Crippen LogP contribution >= 0.6 is 0 Å². The quantitative estimate of drug-likeness (QED) is 0.570. The molecule has 4 rings (SSSR count). The van der Waals surface area contributed by atoms with Crippen LogP contribution in [0.25, 0.3) is 17.0 Å². The van der Waals surface area contributed by atoms with Gasteiger partial charge in [-0.15, -0.1) is 10.2 Å². The fourth-order valence-electron chi connectivity index (χ4n) is 2.92. The highest BCUT2D eigenvalue weighted by Crippen LogP contribution is 2.20.